The number of hydrogen-bond donors (Lipinski definition) is 0. The Morgan fingerprint density at radius 2 is 1.81 bits per heavy atom. The first kappa shape index (κ1) is 17.4. The lowest BCUT2D eigenvalue weighted by Gasteiger charge is -2.26. The van der Waals surface area contributed by atoms with Crippen molar-refractivity contribution in [2.45, 2.75) is 13.0 Å². The standard InChI is InChI=1S/C22H20N2O3/c1-24-12-11-19-17(13-24)21(16-9-5-6-10-18(16)23-19)22(26)27-14-20(25)15-7-3-2-4-8-15/h2-10H,11-14H2,1H3. The summed E-state index contributed by atoms with van der Waals surface area (Å²) in [6.45, 7) is 1.27. The third-order valence-electron chi connectivity index (χ3n) is 4.87. The number of nitrogens with zero attached hydrogens (tertiary/aromatic N) is 2. The second kappa shape index (κ2) is 7.29. The van der Waals surface area contributed by atoms with Gasteiger partial charge in [-0.1, -0.05) is 48.5 Å². The Morgan fingerprint density at radius 3 is 2.63 bits per heavy atom. The molecule has 0 bridgehead atoms. The molecule has 1 aliphatic heterocycles. The number of hydrogen-bond acceptors (Lipinski definition) is 5. The van der Waals surface area contributed by atoms with Crippen molar-refractivity contribution in [3.63, 3.8) is 0 Å². The van der Waals surface area contributed by atoms with Crippen LogP contribution >= 0.6 is 0 Å². The van der Waals surface area contributed by atoms with E-state index in [-0.39, 0.29) is 12.4 Å². The van der Waals surface area contributed by atoms with Crippen molar-refractivity contribution in [3.8, 4) is 0 Å². The molecule has 136 valence electrons. The van der Waals surface area contributed by atoms with E-state index in [0.29, 0.717) is 17.7 Å². The number of Topliss-reactive ketones (excluding diaryl/α,β-unsaturated/α-hetero) is 1. The Balaban J connectivity index is 1.66. The smallest absolute Gasteiger partial charge is 0.339 e. The van der Waals surface area contributed by atoms with Crippen LogP contribution in [0.25, 0.3) is 10.9 Å². The molecule has 0 N–H and O–H groups in total. The number of ether oxygens (including phenoxy) is 1. The van der Waals surface area contributed by atoms with Crippen LogP contribution in [0.15, 0.2) is 54.6 Å². The maximum Gasteiger partial charge on any atom is 0.339 e. The average Bonchev–Trinajstić information content (AvgIpc) is 2.70. The first-order valence-corrected chi connectivity index (χ1v) is 8.98. The highest BCUT2D eigenvalue weighted by Gasteiger charge is 2.25. The van der Waals surface area contributed by atoms with Gasteiger partial charge in [-0.2, -0.15) is 0 Å². The minimum Gasteiger partial charge on any atom is -0.454 e. The van der Waals surface area contributed by atoms with Crippen molar-refractivity contribution >= 4 is 22.7 Å². The van der Waals surface area contributed by atoms with Gasteiger partial charge in [-0.3, -0.25) is 9.78 Å². The van der Waals surface area contributed by atoms with E-state index in [4.69, 9.17) is 9.72 Å². The highest BCUT2D eigenvalue weighted by molar-refractivity contribution is 6.06. The number of carbonyl (C=O) groups excluding carboxylic acids is 2. The second-order valence-electron chi connectivity index (χ2n) is 6.78. The summed E-state index contributed by atoms with van der Waals surface area (Å²) in [5, 5.41) is 0.767. The van der Waals surface area contributed by atoms with Gasteiger partial charge in [-0.25, -0.2) is 4.79 Å². The van der Waals surface area contributed by atoms with E-state index in [0.717, 1.165) is 35.1 Å². The van der Waals surface area contributed by atoms with Crippen molar-refractivity contribution in [1.82, 2.24) is 9.88 Å². The van der Waals surface area contributed by atoms with Gasteiger partial charge in [-0.15, -0.1) is 0 Å². The van der Waals surface area contributed by atoms with Crippen LogP contribution in [0.2, 0.25) is 0 Å². The number of fused-ring (bicyclic) bond motifs is 2. The molecule has 0 aliphatic carbocycles. The largest absolute Gasteiger partial charge is 0.454 e. The molecule has 5 nitrogen and oxygen atoms in total. The summed E-state index contributed by atoms with van der Waals surface area (Å²) >= 11 is 0. The lowest BCUT2D eigenvalue weighted by atomic mass is 9.96. The predicted molar refractivity (Wildman–Crippen MR) is 103 cm³/mol. The van der Waals surface area contributed by atoms with Gasteiger partial charge in [0.1, 0.15) is 0 Å². The van der Waals surface area contributed by atoms with E-state index in [1.807, 2.05) is 37.4 Å². The predicted octanol–water partition coefficient (Wildman–Crippen LogP) is 3.26. The summed E-state index contributed by atoms with van der Waals surface area (Å²) in [4.78, 5) is 32.1. The fourth-order valence-corrected chi connectivity index (χ4v) is 3.47. The molecule has 4 rings (SSSR count). The fraction of sp³-hybridized carbons (Fsp3) is 0.227. The van der Waals surface area contributed by atoms with Crippen LogP contribution in [0.1, 0.15) is 32.0 Å². The molecule has 0 saturated heterocycles. The van der Waals surface area contributed by atoms with Gasteiger partial charge in [0.15, 0.2) is 12.4 Å². The molecule has 27 heavy (non-hydrogen) atoms. The van der Waals surface area contributed by atoms with E-state index < -0.39 is 5.97 Å². The van der Waals surface area contributed by atoms with Crippen molar-refractivity contribution < 1.29 is 14.3 Å². The molecule has 0 atom stereocenters. The zero-order valence-electron chi connectivity index (χ0n) is 15.1. The van der Waals surface area contributed by atoms with E-state index in [1.165, 1.54) is 0 Å². The summed E-state index contributed by atoms with van der Waals surface area (Å²) in [7, 11) is 2.02. The van der Waals surface area contributed by atoms with Crippen LogP contribution in [-0.2, 0) is 17.7 Å². The van der Waals surface area contributed by atoms with Gasteiger partial charge < -0.3 is 9.64 Å². The number of aromatic nitrogens is 1. The van der Waals surface area contributed by atoms with Crippen molar-refractivity contribution in [1.29, 1.82) is 0 Å². The zero-order chi connectivity index (χ0) is 18.8. The number of likely N-dealkylation sites (N-methyl/N-ethyl adjacent to an activating group) is 1. The molecule has 5 heteroatoms. The SMILES string of the molecule is CN1CCc2nc3ccccc3c(C(=O)OCC(=O)c3ccccc3)c2C1. The number of para-hydroxylation sites is 1. The Kier molecular flexibility index (Phi) is 4.69. The molecule has 1 aliphatic rings. The summed E-state index contributed by atoms with van der Waals surface area (Å²) in [5.41, 5.74) is 3.68. The second-order valence-corrected chi connectivity index (χ2v) is 6.78. The molecular weight excluding hydrogens is 340 g/mol. The molecule has 0 spiro atoms. The maximum atomic E-state index is 13.0. The monoisotopic (exact) mass is 360 g/mol. The molecular formula is C22H20N2O3. The van der Waals surface area contributed by atoms with Crippen molar-refractivity contribution in [2.75, 3.05) is 20.2 Å². The van der Waals surface area contributed by atoms with Crippen LogP contribution in [-0.4, -0.2) is 41.8 Å². The lowest BCUT2D eigenvalue weighted by Crippen LogP contribution is -2.29. The van der Waals surface area contributed by atoms with Crippen molar-refractivity contribution in [3.05, 3.63) is 77.0 Å². The molecule has 0 radical (unpaired) electrons. The van der Waals surface area contributed by atoms with Gasteiger partial charge >= 0.3 is 5.97 Å². The van der Waals surface area contributed by atoms with Crippen LogP contribution < -0.4 is 0 Å². The minimum absolute atomic E-state index is 0.215. The molecule has 0 unspecified atom stereocenters. The summed E-state index contributed by atoms with van der Waals surface area (Å²) in [6.07, 6.45) is 0.792. The lowest BCUT2D eigenvalue weighted by molar-refractivity contribution is 0.0474. The zero-order valence-corrected chi connectivity index (χ0v) is 15.1. The first-order chi connectivity index (χ1) is 13.1. The number of rotatable bonds is 4. The van der Waals surface area contributed by atoms with Gasteiger partial charge in [0.25, 0.3) is 0 Å². The van der Waals surface area contributed by atoms with E-state index in [1.54, 1.807) is 24.3 Å². The molecule has 2 heterocycles. The van der Waals surface area contributed by atoms with Crippen LogP contribution in [0, 0.1) is 0 Å². The van der Waals surface area contributed by atoms with Gasteiger partial charge in [0, 0.05) is 41.7 Å². The molecule has 1 aromatic heterocycles. The van der Waals surface area contributed by atoms with Crippen LogP contribution in [0.3, 0.4) is 0 Å². The summed E-state index contributed by atoms with van der Waals surface area (Å²) in [5.74, 6) is -0.683. The van der Waals surface area contributed by atoms with Crippen LogP contribution in [0.5, 0.6) is 0 Å². The third kappa shape index (κ3) is 3.46. The molecule has 0 saturated carbocycles. The first-order valence-electron chi connectivity index (χ1n) is 8.98. The Bertz CT molecular complexity index is 1010. The number of pyridine rings is 1. The van der Waals surface area contributed by atoms with Gasteiger partial charge in [-0.05, 0) is 13.1 Å². The summed E-state index contributed by atoms with van der Waals surface area (Å²) in [6, 6.07) is 16.4. The van der Waals surface area contributed by atoms with Gasteiger partial charge in [0.2, 0.25) is 0 Å². The third-order valence-corrected chi connectivity index (χ3v) is 4.87. The normalized spacial score (nSPS) is 14.0. The Labute approximate surface area is 157 Å². The van der Waals surface area contributed by atoms with Crippen molar-refractivity contribution in [2.24, 2.45) is 0 Å². The number of benzene rings is 2. The minimum atomic E-state index is -0.468. The number of ketones is 1. The van der Waals surface area contributed by atoms with E-state index in [2.05, 4.69) is 4.90 Å². The quantitative estimate of drug-likeness (QED) is 0.528. The summed E-state index contributed by atoms with van der Waals surface area (Å²) < 4.78 is 5.42. The fourth-order valence-electron chi connectivity index (χ4n) is 3.47. The van der Waals surface area contributed by atoms with Crippen LogP contribution in [0.4, 0.5) is 0 Å². The van der Waals surface area contributed by atoms with Gasteiger partial charge in [0.05, 0.1) is 11.1 Å². The maximum absolute atomic E-state index is 13.0. The number of carbonyl (C=O) groups is 2. The molecule has 2 aromatic carbocycles. The number of esters is 1. The van der Waals surface area contributed by atoms with E-state index in [9.17, 15) is 9.59 Å². The topological polar surface area (TPSA) is 59.5 Å². The molecule has 0 fully saturated rings. The highest BCUT2D eigenvalue weighted by atomic mass is 16.5. The Morgan fingerprint density at radius 1 is 1.07 bits per heavy atom. The highest BCUT2D eigenvalue weighted by Crippen LogP contribution is 2.28. The Hall–Kier alpha value is -3.05. The van der Waals surface area contributed by atoms with E-state index >= 15 is 0 Å². The molecule has 0 amide bonds. The molecule has 3 aromatic rings. The average molecular weight is 360 g/mol.